The lowest BCUT2D eigenvalue weighted by Gasteiger charge is -2.36. The summed E-state index contributed by atoms with van der Waals surface area (Å²) in [4.78, 5) is 2.38. The Bertz CT molecular complexity index is 872. The SMILES string of the molecule is Cc1cccc(N2CCN(S(=O)(=O)c3cc(Cl)cc(Cl)c3)CC2)c1C. The molecule has 0 bridgehead atoms. The number of sulfonamides is 1. The molecule has 134 valence electrons. The molecule has 7 heteroatoms. The van der Waals surface area contributed by atoms with Crippen molar-refractivity contribution in [1.29, 1.82) is 0 Å². The van der Waals surface area contributed by atoms with Crippen molar-refractivity contribution < 1.29 is 8.42 Å². The van der Waals surface area contributed by atoms with Crippen LogP contribution in [0.2, 0.25) is 10.0 Å². The third kappa shape index (κ3) is 3.80. The molecule has 25 heavy (non-hydrogen) atoms. The standard InChI is InChI=1S/C18H20Cl2N2O2S/c1-13-4-3-5-18(14(13)2)21-6-8-22(9-7-21)25(23,24)17-11-15(19)10-16(20)12-17/h3-5,10-12H,6-9H2,1-2H3. The summed E-state index contributed by atoms with van der Waals surface area (Å²) in [6, 6.07) is 10.6. The second-order valence-corrected chi connectivity index (χ2v) is 9.03. The Hall–Kier alpha value is -1.27. The number of anilines is 1. The monoisotopic (exact) mass is 398 g/mol. The van der Waals surface area contributed by atoms with Crippen LogP contribution in [0.3, 0.4) is 0 Å². The van der Waals surface area contributed by atoms with Crippen LogP contribution in [0.25, 0.3) is 0 Å². The third-order valence-electron chi connectivity index (χ3n) is 4.63. The fraction of sp³-hybridized carbons (Fsp3) is 0.333. The molecule has 0 radical (unpaired) electrons. The minimum absolute atomic E-state index is 0.144. The smallest absolute Gasteiger partial charge is 0.243 e. The van der Waals surface area contributed by atoms with Crippen LogP contribution in [0.15, 0.2) is 41.3 Å². The molecular formula is C18H20Cl2N2O2S. The molecule has 2 aromatic carbocycles. The molecule has 0 aromatic heterocycles. The van der Waals surface area contributed by atoms with Crippen molar-refractivity contribution in [1.82, 2.24) is 4.31 Å². The normalized spacial score (nSPS) is 16.2. The van der Waals surface area contributed by atoms with Gasteiger partial charge in [0.2, 0.25) is 10.0 Å². The zero-order valence-electron chi connectivity index (χ0n) is 14.2. The Morgan fingerprint density at radius 3 is 2.12 bits per heavy atom. The van der Waals surface area contributed by atoms with Crippen molar-refractivity contribution in [3.63, 3.8) is 0 Å². The lowest BCUT2D eigenvalue weighted by molar-refractivity contribution is 0.384. The van der Waals surface area contributed by atoms with Gasteiger partial charge in [-0.15, -0.1) is 0 Å². The van der Waals surface area contributed by atoms with Gasteiger partial charge in [0.15, 0.2) is 0 Å². The van der Waals surface area contributed by atoms with Crippen molar-refractivity contribution in [2.45, 2.75) is 18.7 Å². The first kappa shape index (κ1) is 18.5. The van der Waals surface area contributed by atoms with Gasteiger partial charge in [-0.25, -0.2) is 8.42 Å². The topological polar surface area (TPSA) is 40.6 Å². The summed E-state index contributed by atoms with van der Waals surface area (Å²) < 4.78 is 27.2. The van der Waals surface area contributed by atoms with Gasteiger partial charge >= 0.3 is 0 Å². The number of hydrogen-bond acceptors (Lipinski definition) is 3. The predicted molar refractivity (Wildman–Crippen MR) is 103 cm³/mol. The zero-order valence-corrected chi connectivity index (χ0v) is 16.5. The molecule has 2 aromatic rings. The van der Waals surface area contributed by atoms with Gasteiger partial charge in [0.1, 0.15) is 0 Å². The van der Waals surface area contributed by atoms with Gasteiger partial charge in [-0.05, 0) is 49.2 Å². The highest BCUT2D eigenvalue weighted by atomic mass is 35.5. The van der Waals surface area contributed by atoms with E-state index in [9.17, 15) is 8.42 Å². The van der Waals surface area contributed by atoms with Gasteiger partial charge in [-0.2, -0.15) is 4.31 Å². The number of halogens is 2. The van der Waals surface area contributed by atoms with Crippen LogP contribution in [0.4, 0.5) is 5.69 Å². The quantitative estimate of drug-likeness (QED) is 0.780. The molecule has 0 amide bonds. The molecule has 0 aliphatic carbocycles. The molecule has 0 saturated carbocycles. The highest BCUT2D eigenvalue weighted by Gasteiger charge is 2.29. The Morgan fingerprint density at radius 1 is 0.920 bits per heavy atom. The number of nitrogens with zero attached hydrogens (tertiary/aromatic N) is 2. The molecule has 1 fully saturated rings. The maximum Gasteiger partial charge on any atom is 0.243 e. The summed E-state index contributed by atoms with van der Waals surface area (Å²) in [5.41, 5.74) is 3.64. The van der Waals surface area contributed by atoms with Gasteiger partial charge in [-0.1, -0.05) is 35.3 Å². The Morgan fingerprint density at radius 2 is 1.52 bits per heavy atom. The van der Waals surface area contributed by atoms with Crippen LogP contribution < -0.4 is 4.90 Å². The lowest BCUT2D eigenvalue weighted by Crippen LogP contribution is -2.48. The van der Waals surface area contributed by atoms with Crippen molar-refractivity contribution in [2.24, 2.45) is 0 Å². The molecule has 1 aliphatic heterocycles. The van der Waals surface area contributed by atoms with Crippen LogP contribution >= 0.6 is 23.2 Å². The van der Waals surface area contributed by atoms with Crippen molar-refractivity contribution in [2.75, 3.05) is 31.1 Å². The fourth-order valence-electron chi connectivity index (χ4n) is 3.07. The number of piperazine rings is 1. The number of hydrogen-bond donors (Lipinski definition) is 0. The van der Waals surface area contributed by atoms with E-state index in [1.54, 1.807) is 0 Å². The summed E-state index contributed by atoms with van der Waals surface area (Å²) in [5, 5.41) is 0.639. The van der Waals surface area contributed by atoms with E-state index < -0.39 is 10.0 Å². The van der Waals surface area contributed by atoms with Gasteiger partial charge in [0, 0.05) is 41.9 Å². The van der Waals surface area contributed by atoms with Crippen LogP contribution in [-0.2, 0) is 10.0 Å². The van der Waals surface area contributed by atoms with E-state index in [0.29, 0.717) is 36.2 Å². The molecule has 4 nitrogen and oxygen atoms in total. The molecule has 0 unspecified atom stereocenters. The summed E-state index contributed by atoms with van der Waals surface area (Å²) >= 11 is 11.9. The molecule has 1 saturated heterocycles. The van der Waals surface area contributed by atoms with E-state index in [2.05, 4.69) is 30.9 Å². The highest BCUT2D eigenvalue weighted by molar-refractivity contribution is 7.89. The highest BCUT2D eigenvalue weighted by Crippen LogP contribution is 2.28. The Balaban J connectivity index is 1.78. The van der Waals surface area contributed by atoms with Crippen molar-refractivity contribution in [3.8, 4) is 0 Å². The zero-order chi connectivity index (χ0) is 18.2. The molecule has 0 atom stereocenters. The minimum Gasteiger partial charge on any atom is -0.369 e. The maximum atomic E-state index is 12.8. The van der Waals surface area contributed by atoms with Gasteiger partial charge in [-0.3, -0.25) is 0 Å². The number of benzene rings is 2. The maximum absolute atomic E-state index is 12.8. The van der Waals surface area contributed by atoms with Crippen molar-refractivity contribution in [3.05, 3.63) is 57.6 Å². The summed E-state index contributed by atoms with van der Waals surface area (Å²) in [6.45, 7) is 6.35. The molecule has 0 spiro atoms. The van der Waals surface area contributed by atoms with Crippen LogP contribution in [0.1, 0.15) is 11.1 Å². The number of rotatable bonds is 3. The first-order valence-electron chi connectivity index (χ1n) is 8.06. The molecule has 1 aliphatic rings. The van der Waals surface area contributed by atoms with E-state index in [1.807, 2.05) is 6.07 Å². The van der Waals surface area contributed by atoms with Gasteiger partial charge in [0.25, 0.3) is 0 Å². The fourth-order valence-corrected chi connectivity index (χ4v) is 5.22. The molecule has 3 rings (SSSR count). The summed E-state index contributed by atoms with van der Waals surface area (Å²) in [6.07, 6.45) is 0. The average Bonchev–Trinajstić information content (AvgIpc) is 2.56. The van der Waals surface area contributed by atoms with Gasteiger partial charge < -0.3 is 4.90 Å². The second-order valence-electron chi connectivity index (χ2n) is 6.22. The first-order valence-corrected chi connectivity index (χ1v) is 10.3. The summed E-state index contributed by atoms with van der Waals surface area (Å²) in [5.74, 6) is 0. The minimum atomic E-state index is -3.59. The molecule has 0 N–H and O–H groups in total. The predicted octanol–water partition coefficient (Wildman–Crippen LogP) is 4.12. The average molecular weight is 399 g/mol. The van der Waals surface area contributed by atoms with E-state index in [-0.39, 0.29) is 4.90 Å². The second kappa shape index (κ2) is 7.16. The van der Waals surface area contributed by atoms with E-state index >= 15 is 0 Å². The number of aryl methyl sites for hydroxylation is 1. The largest absolute Gasteiger partial charge is 0.369 e. The lowest BCUT2D eigenvalue weighted by atomic mass is 10.1. The molecular weight excluding hydrogens is 379 g/mol. The van der Waals surface area contributed by atoms with E-state index in [1.165, 1.54) is 39.3 Å². The van der Waals surface area contributed by atoms with Crippen molar-refractivity contribution >= 4 is 38.9 Å². The van der Waals surface area contributed by atoms with Crippen LogP contribution in [0.5, 0.6) is 0 Å². The Kier molecular flexibility index (Phi) is 5.30. The van der Waals surface area contributed by atoms with E-state index in [0.717, 1.165) is 0 Å². The van der Waals surface area contributed by atoms with Gasteiger partial charge in [0.05, 0.1) is 4.90 Å². The third-order valence-corrected chi connectivity index (χ3v) is 6.94. The molecule has 1 heterocycles. The summed E-state index contributed by atoms with van der Waals surface area (Å²) in [7, 11) is -3.59. The van der Waals surface area contributed by atoms with Crippen LogP contribution in [0, 0.1) is 13.8 Å². The first-order chi connectivity index (χ1) is 11.8. The van der Waals surface area contributed by atoms with E-state index in [4.69, 9.17) is 23.2 Å². The van der Waals surface area contributed by atoms with Crippen LogP contribution in [-0.4, -0.2) is 38.9 Å². The Labute approximate surface area is 159 Å².